The summed E-state index contributed by atoms with van der Waals surface area (Å²) in [4.78, 5) is 25.3. The van der Waals surface area contributed by atoms with Crippen LogP contribution in [0.1, 0.15) is 31.2 Å². The van der Waals surface area contributed by atoms with E-state index in [1.165, 1.54) is 4.90 Å². The fraction of sp³-hybridized carbons (Fsp3) is 0.429. The first-order chi connectivity index (χ1) is 8.72. The molecule has 0 unspecified atom stereocenters. The first-order valence-electron chi connectivity index (χ1n) is 6.31. The molecule has 1 heterocycles. The molecule has 18 heavy (non-hydrogen) atoms. The third kappa shape index (κ3) is 2.76. The number of carbonyl (C=O) groups is 2. The highest BCUT2D eigenvalue weighted by Crippen LogP contribution is 2.22. The Hall–Kier alpha value is -1.68. The van der Waals surface area contributed by atoms with Gasteiger partial charge in [-0.3, -0.25) is 14.5 Å². The van der Waals surface area contributed by atoms with Gasteiger partial charge in [-0.25, -0.2) is 0 Å². The van der Waals surface area contributed by atoms with Gasteiger partial charge in [0.15, 0.2) is 0 Å². The number of anilines is 1. The smallest absolute Gasteiger partial charge is 0.233 e. The van der Waals surface area contributed by atoms with E-state index in [-0.39, 0.29) is 11.8 Å². The summed E-state index contributed by atoms with van der Waals surface area (Å²) in [6, 6.07) is 7.58. The highest BCUT2D eigenvalue weighted by Gasteiger charge is 2.25. The van der Waals surface area contributed by atoms with Crippen LogP contribution >= 0.6 is 0 Å². The molecule has 0 aromatic heterocycles. The lowest BCUT2D eigenvalue weighted by Crippen LogP contribution is -2.35. The number of amides is 2. The van der Waals surface area contributed by atoms with Gasteiger partial charge < -0.3 is 5.32 Å². The van der Waals surface area contributed by atoms with Crippen molar-refractivity contribution in [3.05, 3.63) is 29.8 Å². The maximum atomic E-state index is 12.0. The summed E-state index contributed by atoms with van der Waals surface area (Å²) in [5.74, 6) is -0.168. The summed E-state index contributed by atoms with van der Waals surface area (Å²) in [7, 11) is 1.87. The molecule has 1 fully saturated rings. The van der Waals surface area contributed by atoms with Gasteiger partial charge in [0.25, 0.3) is 0 Å². The van der Waals surface area contributed by atoms with Crippen LogP contribution in [0.3, 0.4) is 0 Å². The SMILES string of the molecule is CNCc1cccc(N2C(=O)CCCCC2=O)c1. The number of nitrogens with one attached hydrogen (secondary N) is 1. The van der Waals surface area contributed by atoms with E-state index in [1.54, 1.807) is 0 Å². The minimum Gasteiger partial charge on any atom is -0.316 e. The van der Waals surface area contributed by atoms with Crippen molar-refractivity contribution in [1.82, 2.24) is 5.32 Å². The van der Waals surface area contributed by atoms with Crippen LogP contribution < -0.4 is 10.2 Å². The summed E-state index contributed by atoms with van der Waals surface area (Å²) in [5.41, 5.74) is 1.76. The van der Waals surface area contributed by atoms with Gasteiger partial charge >= 0.3 is 0 Å². The lowest BCUT2D eigenvalue weighted by atomic mass is 10.1. The van der Waals surface area contributed by atoms with Crippen LogP contribution in [0.25, 0.3) is 0 Å². The molecule has 2 rings (SSSR count). The average molecular weight is 246 g/mol. The van der Waals surface area contributed by atoms with Crippen molar-refractivity contribution < 1.29 is 9.59 Å². The molecule has 0 bridgehead atoms. The van der Waals surface area contributed by atoms with Crippen molar-refractivity contribution in [2.24, 2.45) is 0 Å². The lowest BCUT2D eigenvalue weighted by Gasteiger charge is -2.19. The average Bonchev–Trinajstić information content (AvgIpc) is 2.51. The number of imide groups is 1. The zero-order valence-corrected chi connectivity index (χ0v) is 10.6. The highest BCUT2D eigenvalue weighted by atomic mass is 16.2. The number of nitrogens with zero attached hydrogens (tertiary/aromatic N) is 1. The molecular formula is C14H18N2O2. The van der Waals surface area contributed by atoms with Crippen molar-refractivity contribution in [1.29, 1.82) is 0 Å². The number of hydrogen-bond donors (Lipinski definition) is 1. The summed E-state index contributed by atoms with van der Waals surface area (Å²) < 4.78 is 0. The van der Waals surface area contributed by atoms with E-state index in [0.717, 1.165) is 24.9 Å². The molecule has 1 N–H and O–H groups in total. The third-order valence-corrected chi connectivity index (χ3v) is 3.08. The Morgan fingerprint density at radius 2 is 1.83 bits per heavy atom. The molecule has 1 aromatic rings. The maximum absolute atomic E-state index is 12.0. The fourth-order valence-corrected chi connectivity index (χ4v) is 2.21. The number of hydrogen-bond acceptors (Lipinski definition) is 3. The standard InChI is InChI=1S/C14H18N2O2/c1-15-10-11-5-4-6-12(9-11)16-13(17)7-2-3-8-14(16)18/h4-6,9,15H,2-3,7-8,10H2,1H3. The summed E-state index contributed by atoms with van der Waals surface area (Å²) in [6.07, 6.45) is 2.53. The zero-order valence-electron chi connectivity index (χ0n) is 10.6. The van der Waals surface area contributed by atoms with Crippen molar-refractivity contribution >= 4 is 17.5 Å². The van der Waals surface area contributed by atoms with E-state index in [4.69, 9.17) is 0 Å². The van der Waals surface area contributed by atoms with Crippen LogP contribution in [-0.4, -0.2) is 18.9 Å². The van der Waals surface area contributed by atoms with E-state index in [0.29, 0.717) is 18.5 Å². The van der Waals surface area contributed by atoms with E-state index in [2.05, 4.69) is 5.32 Å². The van der Waals surface area contributed by atoms with E-state index in [1.807, 2.05) is 31.3 Å². The Labute approximate surface area is 107 Å². The largest absolute Gasteiger partial charge is 0.316 e. The first kappa shape index (κ1) is 12.8. The molecule has 0 radical (unpaired) electrons. The molecule has 0 atom stereocenters. The highest BCUT2D eigenvalue weighted by molar-refractivity contribution is 6.15. The summed E-state index contributed by atoms with van der Waals surface area (Å²) in [6.45, 7) is 0.726. The van der Waals surface area contributed by atoms with E-state index < -0.39 is 0 Å². The van der Waals surface area contributed by atoms with Crippen molar-refractivity contribution in [2.45, 2.75) is 32.2 Å². The predicted octanol–water partition coefficient (Wildman–Crippen LogP) is 1.84. The van der Waals surface area contributed by atoms with Crippen LogP contribution in [0.2, 0.25) is 0 Å². The second-order valence-electron chi connectivity index (χ2n) is 4.53. The Morgan fingerprint density at radius 3 is 2.44 bits per heavy atom. The van der Waals surface area contributed by atoms with Gasteiger partial charge in [0, 0.05) is 19.4 Å². The van der Waals surface area contributed by atoms with E-state index in [9.17, 15) is 9.59 Å². The van der Waals surface area contributed by atoms with Gasteiger partial charge in [0.1, 0.15) is 0 Å². The normalized spacial score (nSPS) is 16.8. The topological polar surface area (TPSA) is 49.4 Å². The van der Waals surface area contributed by atoms with Crippen molar-refractivity contribution in [3.8, 4) is 0 Å². The Kier molecular flexibility index (Phi) is 4.10. The predicted molar refractivity (Wildman–Crippen MR) is 70.2 cm³/mol. The molecule has 0 spiro atoms. The van der Waals surface area contributed by atoms with Gasteiger partial charge in [-0.2, -0.15) is 0 Å². The van der Waals surface area contributed by atoms with Crippen LogP contribution in [0, 0.1) is 0 Å². The molecule has 96 valence electrons. The van der Waals surface area contributed by atoms with Crippen LogP contribution in [-0.2, 0) is 16.1 Å². The minimum absolute atomic E-state index is 0.0842. The van der Waals surface area contributed by atoms with Crippen molar-refractivity contribution in [2.75, 3.05) is 11.9 Å². The van der Waals surface area contributed by atoms with Crippen LogP contribution in [0.4, 0.5) is 5.69 Å². The molecule has 0 saturated carbocycles. The number of carbonyl (C=O) groups excluding carboxylic acids is 2. The summed E-state index contributed by atoms with van der Waals surface area (Å²) in [5, 5.41) is 3.06. The Bertz CT molecular complexity index is 439. The second kappa shape index (κ2) is 5.78. The maximum Gasteiger partial charge on any atom is 0.233 e. The van der Waals surface area contributed by atoms with Crippen molar-refractivity contribution in [3.63, 3.8) is 0 Å². The lowest BCUT2D eigenvalue weighted by molar-refractivity contribution is -0.125. The third-order valence-electron chi connectivity index (χ3n) is 3.08. The van der Waals surface area contributed by atoms with Gasteiger partial charge in [-0.15, -0.1) is 0 Å². The minimum atomic E-state index is -0.0842. The molecular weight excluding hydrogens is 228 g/mol. The van der Waals surface area contributed by atoms with Gasteiger partial charge in [0.05, 0.1) is 5.69 Å². The molecule has 1 aliphatic heterocycles. The zero-order chi connectivity index (χ0) is 13.0. The molecule has 4 heteroatoms. The molecule has 4 nitrogen and oxygen atoms in total. The van der Waals surface area contributed by atoms with Gasteiger partial charge in [-0.05, 0) is 37.6 Å². The molecule has 1 saturated heterocycles. The molecule has 1 aliphatic rings. The number of benzene rings is 1. The first-order valence-corrected chi connectivity index (χ1v) is 6.31. The number of rotatable bonds is 3. The Morgan fingerprint density at radius 1 is 1.17 bits per heavy atom. The molecule has 0 aliphatic carbocycles. The van der Waals surface area contributed by atoms with Gasteiger partial charge in [-0.1, -0.05) is 12.1 Å². The fourth-order valence-electron chi connectivity index (χ4n) is 2.21. The van der Waals surface area contributed by atoms with E-state index >= 15 is 0 Å². The second-order valence-corrected chi connectivity index (χ2v) is 4.53. The van der Waals surface area contributed by atoms with Crippen LogP contribution in [0.5, 0.6) is 0 Å². The van der Waals surface area contributed by atoms with Crippen LogP contribution in [0.15, 0.2) is 24.3 Å². The van der Waals surface area contributed by atoms with Gasteiger partial charge in [0.2, 0.25) is 11.8 Å². The quantitative estimate of drug-likeness (QED) is 0.828. The molecule has 1 aromatic carbocycles. The molecule has 2 amide bonds. The monoisotopic (exact) mass is 246 g/mol. The summed E-state index contributed by atoms with van der Waals surface area (Å²) >= 11 is 0. The Balaban J connectivity index is 2.29.